The number of rotatable bonds is 9. The maximum atomic E-state index is 12.5. The Morgan fingerprint density at radius 2 is 1.89 bits per heavy atom. The van der Waals surface area contributed by atoms with E-state index in [1.165, 1.54) is 12.5 Å². The summed E-state index contributed by atoms with van der Waals surface area (Å²) in [4.78, 5) is 29.2. The molecule has 1 fully saturated rings. The molecule has 2 aromatic heterocycles. The Kier molecular flexibility index (Phi) is 7.41. The fourth-order valence-electron chi connectivity index (χ4n) is 4.15. The zero-order valence-corrected chi connectivity index (χ0v) is 20.2. The molecule has 4 heterocycles. The second kappa shape index (κ2) is 11.2. The van der Waals surface area contributed by atoms with Crippen LogP contribution < -0.4 is 15.2 Å². The number of hydrogen-bond donors (Lipinski definition) is 0. The van der Waals surface area contributed by atoms with Crippen LogP contribution in [-0.4, -0.2) is 53.8 Å². The van der Waals surface area contributed by atoms with Gasteiger partial charge in [0.25, 0.3) is 17.7 Å². The average Bonchev–Trinajstić information content (AvgIpc) is 3.41. The molecule has 3 aromatic rings. The van der Waals surface area contributed by atoms with Gasteiger partial charge in [0.2, 0.25) is 5.95 Å². The summed E-state index contributed by atoms with van der Waals surface area (Å²) in [7, 11) is 1.63. The number of anilines is 1. The standard InChI is InChI=1S/C26H29N5O5/c1-33-12-13-34-22-7-5-6-19(14-22)17-31-18-20(8-9-23(31)32)24-29-36-25(35-24)21-15-27-26(28-16-21)30-10-3-2-4-11-30/h5-9,14-16,18,25H,2-4,10-13,17H2,1H3. The van der Waals surface area contributed by atoms with Crippen LogP contribution in [0.25, 0.3) is 0 Å². The van der Waals surface area contributed by atoms with Crippen molar-refractivity contribution in [3.63, 3.8) is 0 Å². The first-order valence-corrected chi connectivity index (χ1v) is 12.1. The van der Waals surface area contributed by atoms with Gasteiger partial charge in [0.05, 0.1) is 24.3 Å². The number of hydrogen-bond acceptors (Lipinski definition) is 9. The van der Waals surface area contributed by atoms with Crippen LogP contribution >= 0.6 is 0 Å². The second-order valence-corrected chi connectivity index (χ2v) is 8.69. The van der Waals surface area contributed by atoms with Crippen LogP contribution in [0.1, 0.15) is 42.2 Å². The molecule has 1 unspecified atom stereocenters. The number of ether oxygens (including phenoxy) is 3. The number of oxime groups is 1. The van der Waals surface area contributed by atoms with E-state index in [2.05, 4.69) is 20.0 Å². The first kappa shape index (κ1) is 23.8. The van der Waals surface area contributed by atoms with Crippen molar-refractivity contribution < 1.29 is 19.0 Å². The van der Waals surface area contributed by atoms with Gasteiger partial charge in [-0.1, -0.05) is 12.1 Å². The smallest absolute Gasteiger partial charge is 0.296 e. The molecule has 0 bridgehead atoms. The van der Waals surface area contributed by atoms with Gasteiger partial charge in [-0.15, -0.1) is 0 Å². The van der Waals surface area contributed by atoms with Gasteiger partial charge in [-0.25, -0.2) is 9.97 Å². The monoisotopic (exact) mass is 491 g/mol. The summed E-state index contributed by atoms with van der Waals surface area (Å²) in [5.41, 5.74) is 2.10. The molecule has 188 valence electrons. The molecule has 0 saturated carbocycles. The highest BCUT2D eigenvalue weighted by atomic mass is 16.8. The third-order valence-electron chi connectivity index (χ3n) is 6.06. The van der Waals surface area contributed by atoms with Crippen molar-refractivity contribution >= 4 is 11.8 Å². The van der Waals surface area contributed by atoms with Crippen molar-refractivity contribution in [2.45, 2.75) is 32.1 Å². The van der Waals surface area contributed by atoms with Gasteiger partial charge in [0.15, 0.2) is 0 Å². The number of aromatic nitrogens is 3. The zero-order chi connectivity index (χ0) is 24.7. The summed E-state index contributed by atoms with van der Waals surface area (Å²) in [5.74, 6) is 1.74. The lowest BCUT2D eigenvalue weighted by atomic mass is 10.1. The van der Waals surface area contributed by atoms with Crippen molar-refractivity contribution in [3.05, 3.63) is 82.0 Å². The Morgan fingerprint density at radius 3 is 2.69 bits per heavy atom. The fraction of sp³-hybridized carbons (Fsp3) is 0.385. The highest BCUT2D eigenvalue weighted by molar-refractivity contribution is 5.94. The highest BCUT2D eigenvalue weighted by Gasteiger charge is 2.26. The summed E-state index contributed by atoms with van der Waals surface area (Å²) >= 11 is 0. The molecule has 10 heteroatoms. The summed E-state index contributed by atoms with van der Waals surface area (Å²) in [5, 5.41) is 4.09. The van der Waals surface area contributed by atoms with E-state index in [4.69, 9.17) is 19.0 Å². The van der Waals surface area contributed by atoms with Crippen LogP contribution in [0.4, 0.5) is 5.95 Å². The third-order valence-corrected chi connectivity index (χ3v) is 6.06. The van der Waals surface area contributed by atoms with Crippen LogP contribution in [0.3, 0.4) is 0 Å². The number of piperidine rings is 1. The quantitative estimate of drug-likeness (QED) is 0.421. The van der Waals surface area contributed by atoms with Gasteiger partial charge in [0.1, 0.15) is 12.4 Å². The normalized spacial score (nSPS) is 17.3. The van der Waals surface area contributed by atoms with E-state index in [9.17, 15) is 4.79 Å². The molecule has 10 nitrogen and oxygen atoms in total. The largest absolute Gasteiger partial charge is 0.491 e. The predicted molar refractivity (Wildman–Crippen MR) is 133 cm³/mol. The first-order chi connectivity index (χ1) is 17.7. The SMILES string of the molecule is COCCOc1cccc(Cn2cc(C3=NOC(c4cnc(N5CCCCC5)nc4)O3)ccc2=O)c1. The van der Waals surface area contributed by atoms with Gasteiger partial charge < -0.3 is 28.5 Å². The van der Waals surface area contributed by atoms with Crippen LogP contribution in [0.5, 0.6) is 5.75 Å². The molecule has 36 heavy (non-hydrogen) atoms. The Labute approximate surface area is 209 Å². The molecular formula is C26H29N5O5. The van der Waals surface area contributed by atoms with E-state index >= 15 is 0 Å². The van der Waals surface area contributed by atoms with Gasteiger partial charge in [-0.05, 0) is 48.2 Å². The number of nitrogens with zero attached hydrogens (tertiary/aromatic N) is 5. The first-order valence-electron chi connectivity index (χ1n) is 12.1. The van der Waals surface area contributed by atoms with Crippen LogP contribution in [0.2, 0.25) is 0 Å². The van der Waals surface area contributed by atoms with E-state index in [-0.39, 0.29) is 5.56 Å². The van der Waals surface area contributed by atoms with Crippen LogP contribution in [0, 0.1) is 0 Å². The maximum Gasteiger partial charge on any atom is 0.296 e. The number of methoxy groups -OCH3 is 1. The highest BCUT2D eigenvalue weighted by Crippen LogP contribution is 2.27. The fourth-order valence-corrected chi connectivity index (χ4v) is 4.15. The molecule has 5 rings (SSSR count). The summed E-state index contributed by atoms with van der Waals surface area (Å²) < 4.78 is 18.2. The lowest BCUT2D eigenvalue weighted by Gasteiger charge is -2.26. The summed E-state index contributed by atoms with van der Waals surface area (Å²) in [6, 6.07) is 10.8. The molecular weight excluding hydrogens is 462 g/mol. The molecule has 0 radical (unpaired) electrons. The number of benzene rings is 1. The molecule has 1 aromatic carbocycles. The van der Waals surface area contributed by atoms with Gasteiger partial charge >= 0.3 is 0 Å². The molecule has 1 saturated heterocycles. The average molecular weight is 492 g/mol. The molecule has 1 atom stereocenters. The summed E-state index contributed by atoms with van der Waals surface area (Å²) in [6.45, 7) is 3.29. The van der Waals surface area contributed by atoms with E-state index in [0.717, 1.165) is 43.2 Å². The predicted octanol–water partition coefficient (Wildman–Crippen LogP) is 3.11. The number of pyridine rings is 1. The van der Waals surface area contributed by atoms with E-state index in [1.807, 2.05) is 24.3 Å². The van der Waals surface area contributed by atoms with Crippen molar-refractivity contribution in [2.24, 2.45) is 5.16 Å². The molecule has 0 N–H and O–H groups in total. The van der Waals surface area contributed by atoms with E-state index in [1.54, 1.807) is 36.3 Å². The lowest BCUT2D eigenvalue weighted by Crippen LogP contribution is -2.31. The van der Waals surface area contributed by atoms with Crippen molar-refractivity contribution in [1.82, 2.24) is 14.5 Å². The van der Waals surface area contributed by atoms with E-state index < -0.39 is 6.29 Å². The van der Waals surface area contributed by atoms with Crippen molar-refractivity contribution in [3.8, 4) is 5.75 Å². The summed E-state index contributed by atoms with van der Waals surface area (Å²) in [6.07, 6.45) is 7.96. The minimum absolute atomic E-state index is 0.137. The van der Waals surface area contributed by atoms with E-state index in [0.29, 0.717) is 36.8 Å². The van der Waals surface area contributed by atoms with Gasteiger partial charge in [0, 0.05) is 44.9 Å². The minimum Gasteiger partial charge on any atom is -0.491 e. The maximum absolute atomic E-state index is 12.5. The Bertz CT molecular complexity index is 1250. The van der Waals surface area contributed by atoms with Crippen molar-refractivity contribution in [2.75, 3.05) is 38.3 Å². The zero-order valence-electron chi connectivity index (χ0n) is 20.2. The second-order valence-electron chi connectivity index (χ2n) is 8.69. The third kappa shape index (κ3) is 5.65. The molecule has 0 spiro atoms. The topological polar surface area (TPSA) is 100 Å². The molecule has 2 aliphatic rings. The van der Waals surface area contributed by atoms with Crippen LogP contribution in [-0.2, 0) is 20.9 Å². The van der Waals surface area contributed by atoms with Crippen molar-refractivity contribution in [1.29, 1.82) is 0 Å². The Hall–Kier alpha value is -3.92. The lowest BCUT2D eigenvalue weighted by molar-refractivity contribution is -0.0503. The van der Waals surface area contributed by atoms with Gasteiger partial charge in [-0.2, -0.15) is 0 Å². The Morgan fingerprint density at radius 1 is 1.06 bits per heavy atom. The molecule has 2 aliphatic heterocycles. The minimum atomic E-state index is -0.739. The molecule has 0 amide bonds. The van der Waals surface area contributed by atoms with Gasteiger partial charge in [-0.3, -0.25) is 4.79 Å². The Balaban J connectivity index is 1.24. The molecule has 0 aliphatic carbocycles. The van der Waals surface area contributed by atoms with Crippen LogP contribution in [0.15, 0.2) is 64.9 Å².